The Morgan fingerprint density at radius 2 is 2.20 bits per heavy atom. The van der Waals surface area contributed by atoms with Crippen LogP contribution in [-0.2, 0) is 6.54 Å². The van der Waals surface area contributed by atoms with E-state index >= 15 is 0 Å². The number of rotatable bonds is 1. The van der Waals surface area contributed by atoms with E-state index in [1.807, 2.05) is 13.8 Å². The summed E-state index contributed by atoms with van der Waals surface area (Å²) in [7, 11) is 0. The number of hydrogen-bond acceptors (Lipinski definition) is 1. The molecule has 1 heterocycles. The fraction of sp³-hybridized carbons (Fsp3) is 0.364. The highest BCUT2D eigenvalue weighted by Gasteiger charge is 2.25. The standard InChI is InChI=1S/C11H13FN2O/c1-7(2)14-10-5-9(12)4-3-8(10)6-13-11(14)15/h3-5,7H,6H2,1-2H3,(H,13,15). The Kier molecular flexibility index (Phi) is 2.34. The fourth-order valence-corrected chi connectivity index (χ4v) is 1.79. The minimum atomic E-state index is -0.311. The molecule has 4 heteroatoms. The zero-order chi connectivity index (χ0) is 11.0. The molecular formula is C11H13FN2O. The van der Waals surface area contributed by atoms with Gasteiger partial charge in [0.05, 0.1) is 5.69 Å². The Morgan fingerprint density at radius 3 is 2.87 bits per heavy atom. The lowest BCUT2D eigenvalue weighted by molar-refractivity contribution is 0.243. The number of nitrogens with one attached hydrogen (secondary N) is 1. The van der Waals surface area contributed by atoms with E-state index in [1.165, 1.54) is 12.1 Å². The maximum atomic E-state index is 13.1. The first-order valence-corrected chi connectivity index (χ1v) is 4.95. The van der Waals surface area contributed by atoms with Gasteiger partial charge in [-0.2, -0.15) is 0 Å². The van der Waals surface area contributed by atoms with Gasteiger partial charge in [0.1, 0.15) is 5.82 Å². The molecule has 2 amide bonds. The number of anilines is 1. The minimum absolute atomic E-state index is 0.0193. The van der Waals surface area contributed by atoms with Crippen molar-refractivity contribution >= 4 is 11.7 Å². The van der Waals surface area contributed by atoms with Gasteiger partial charge in [-0.05, 0) is 31.5 Å². The molecule has 0 saturated carbocycles. The second kappa shape index (κ2) is 3.53. The summed E-state index contributed by atoms with van der Waals surface area (Å²) in [5.41, 5.74) is 1.62. The first-order valence-electron chi connectivity index (χ1n) is 4.95. The van der Waals surface area contributed by atoms with Gasteiger partial charge in [-0.1, -0.05) is 6.07 Å². The molecule has 1 aliphatic heterocycles. The second-order valence-corrected chi connectivity index (χ2v) is 3.90. The number of halogens is 1. The van der Waals surface area contributed by atoms with Crippen LogP contribution in [0.25, 0.3) is 0 Å². The summed E-state index contributed by atoms with van der Waals surface area (Å²) in [5.74, 6) is -0.311. The van der Waals surface area contributed by atoms with Crippen molar-refractivity contribution in [2.24, 2.45) is 0 Å². The lowest BCUT2D eigenvalue weighted by Gasteiger charge is -2.32. The molecule has 1 N–H and O–H groups in total. The molecule has 0 bridgehead atoms. The first kappa shape index (κ1) is 9.96. The van der Waals surface area contributed by atoms with Gasteiger partial charge >= 0.3 is 6.03 Å². The molecule has 2 rings (SSSR count). The average Bonchev–Trinajstić information content (AvgIpc) is 2.16. The van der Waals surface area contributed by atoms with Crippen LogP contribution < -0.4 is 10.2 Å². The zero-order valence-corrected chi connectivity index (χ0v) is 8.75. The summed E-state index contributed by atoms with van der Waals surface area (Å²) < 4.78 is 13.1. The summed E-state index contributed by atoms with van der Waals surface area (Å²) in [6.45, 7) is 4.27. The SMILES string of the molecule is CC(C)N1C(=O)NCc2ccc(F)cc21. The molecule has 0 aromatic heterocycles. The van der Waals surface area contributed by atoms with Crippen LogP contribution in [0.15, 0.2) is 18.2 Å². The lowest BCUT2D eigenvalue weighted by Crippen LogP contribution is -2.47. The molecule has 0 spiro atoms. The van der Waals surface area contributed by atoms with Gasteiger partial charge in [0, 0.05) is 12.6 Å². The normalized spacial score (nSPS) is 15.2. The van der Waals surface area contributed by atoms with E-state index in [-0.39, 0.29) is 17.9 Å². The quantitative estimate of drug-likeness (QED) is 0.754. The van der Waals surface area contributed by atoms with E-state index in [4.69, 9.17) is 0 Å². The third kappa shape index (κ3) is 1.67. The summed E-state index contributed by atoms with van der Waals surface area (Å²) in [6.07, 6.45) is 0. The number of nitrogens with zero attached hydrogens (tertiary/aromatic N) is 1. The van der Waals surface area contributed by atoms with Crippen LogP contribution >= 0.6 is 0 Å². The second-order valence-electron chi connectivity index (χ2n) is 3.90. The molecular weight excluding hydrogens is 195 g/mol. The van der Waals surface area contributed by atoms with Crippen LogP contribution in [0.1, 0.15) is 19.4 Å². The van der Waals surface area contributed by atoms with Gasteiger partial charge in [-0.3, -0.25) is 4.90 Å². The van der Waals surface area contributed by atoms with Crippen molar-refractivity contribution in [2.75, 3.05) is 4.90 Å². The topological polar surface area (TPSA) is 32.3 Å². The van der Waals surface area contributed by atoms with Crippen LogP contribution in [0.4, 0.5) is 14.9 Å². The van der Waals surface area contributed by atoms with Crippen molar-refractivity contribution in [3.05, 3.63) is 29.6 Å². The van der Waals surface area contributed by atoms with Crippen LogP contribution in [0.3, 0.4) is 0 Å². The third-order valence-electron chi connectivity index (χ3n) is 2.47. The number of urea groups is 1. The maximum absolute atomic E-state index is 13.1. The highest BCUT2D eigenvalue weighted by Crippen LogP contribution is 2.26. The van der Waals surface area contributed by atoms with Crippen molar-refractivity contribution < 1.29 is 9.18 Å². The van der Waals surface area contributed by atoms with E-state index < -0.39 is 0 Å². The first-order chi connectivity index (χ1) is 7.09. The molecule has 0 aliphatic carbocycles. The average molecular weight is 208 g/mol. The summed E-state index contributed by atoms with van der Waals surface area (Å²) in [6, 6.07) is 4.39. The van der Waals surface area contributed by atoms with Crippen LogP contribution in [-0.4, -0.2) is 12.1 Å². The highest BCUT2D eigenvalue weighted by atomic mass is 19.1. The number of carbonyl (C=O) groups is 1. The van der Waals surface area contributed by atoms with E-state index in [9.17, 15) is 9.18 Å². The molecule has 0 saturated heterocycles. The molecule has 1 aromatic rings. The summed E-state index contributed by atoms with van der Waals surface area (Å²) in [4.78, 5) is 13.2. The van der Waals surface area contributed by atoms with Crippen molar-refractivity contribution in [1.82, 2.24) is 5.32 Å². The molecule has 3 nitrogen and oxygen atoms in total. The van der Waals surface area contributed by atoms with Crippen molar-refractivity contribution in [2.45, 2.75) is 26.4 Å². The van der Waals surface area contributed by atoms with Crippen LogP contribution in [0, 0.1) is 5.82 Å². The van der Waals surface area contributed by atoms with Crippen molar-refractivity contribution in [3.63, 3.8) is 0 Å². The maximum Gasteiger partial charge on any atom is 0.322 e. The van der Waals surface area contributed by atoms with E-state index in [1.54, 1.807) is 11.0 Å². The molecule has 1 aromatic carbocycles. The number of hydrogen-bond donors (Lipinski definition) is 1. The smallest absolute Gasteiger partial charge is 0.322 e. The molecule has 15 heavy (non-hydrogen) atoms. The predicted octanol–water partition coefficient (Wildman–Crippen LogP) is 2.26. The lowest BCUT2D eigenvalue weighted by atomic mass is 10.1. The predicted molar refractivity (Wildman–Crippen MR) is 56.3 cm³/mol. The van der Waals surface area contributed by atoms with Gasteiger partial charge in [0.15, 0.2) is 0 Å². The summed E-state index contributed by atoms with van der Waals surface area (Å²) in [5, 5.41) is 2.75. The molecule has 80 valence electrons. The Hall–Kier alpha value is -1.58. The fourth-order valence-electron chi connectivity index (χ4n) is 1.79. The highest BCUT2D eigenvalue weighted by molar-refractivity contribution is 5.95. The van der Waals surface area contributed by atoms with Crippen LogP contribution in [0.2, 0.25) is 0 Å². The monoisotopic (exact) mass is 208 g/mol. The molecule has 0 fully saturated rings. The number of amides is 2. The van der Waals surface area contributed by atoms with Gasteiger partial charge in [0.2, 0.25) is 0 Å². The zero-order valence-electron chi connectivity index (χ0n) is 8.75. The van der Waals surface area contributed by atoms with E-state index in [2.05, 4.69) is 5.32 Å². The van der Waals surface area contributed by atoms with E-state index in [0.29, 0.717) is 12.2 Å². The van der Waals surface area contributed by atoms with Gasteiger partial charge in [0.25, 0.3) is 0 Å². The Morgan fingerprint density at radius 1 is 1.47 bits per heavy atom. The third-order valence-corrected chi connectivity index (χ3v) is 2.47. The van der Waals surface area contributed by atoms with Gasteiger partial charge < -0.3 is 5.32 Å². The molecule has 0 atom stereocenters. The number of benzene rings is 1. The Labute approximate surface area is 87.9 Å². The summed E-state index contributed by atoms with van der Waals surface area (Å²) >= 11 is 0. The molecule has 1 aliphatic rings. The number of fused-ring (bicyclic) bond motifs is 1. The Bertz CT molecular complexity index is 404. The van der Waals surface area contributed by atoms with Crippen LogP contribution in [0.5, 0.6) is 0 Å². The van der Waals surface area contributed by atoms with Gasteiger partial charge in [-0.15, -0.1) is 0 Å². The largest absolute Gasteiger partial charge is 0.334 e. The van der Waals surface area contributed by atoms with E-state index in [0.717, 1.165) is 5.56 Å². The minimum Gasteiger partial charge on any atom is -0.334 e. The van der Waals surface area contributed by atoms with Crippen molar-refractivity contribution in [1.29, 1.82) is 0 Å². The van der Waals surface area contributed by atoms with Gasteiger partial charge in [-0.25, -0.2) is 9.18 Å². The molecule has 0 radical (unpaired) electrons. The number of carbonyl (C=O) groups excluding carboxylic acids is 1. The molecule has 0 unspecified atom stereocenters. The van der Waals surface area contributed by atoms with Crippen molar-refractivity contribution in [3.8, 4) is 0 Å². The Balaban J connectivity index is 2.50.